The Morgan fingerprint density at radius 3 is 2.89 bits per heavy atom. The third-order valence-corrected chi connectivity index (χ3v) is 3.57. The van der Waals surface area contributed by atoms with Crippen molar-refractivity contribution in [2.75, 3.05) is 0 Å². The second-order valence-corrected chi connectivity index (χ2v) is 5.36. The Morgan fingerprint density at radius 2 is 2.16 bits per heavy atom. The van der Waals surface area contributed by atoms with Crippen LogP contribution in [0, 0.1) is 0 Å². The van der Waals surface area contributed by atoms with Crippen LogP contribution in [0.3, 0.4) is 0 Å². The number of rotatable bonds is 3. The Labute approximate surface area is 112 Å². The molecule has 0 saturated heterocycles. The van der Waals surface area contributed by atoms with E-state index in [-0.39, 0.29) is 5.78 Å². The molecular weight excluding hydrogens is 240 g/mol. The Bertz CT molecular complexity index is 609. The molecule has 2 heterocycles. The van der Waals surface area contributed by atoms with Gasteiger partial charge in [-0.25, -0.2) is 9.67 Å². The number of aromatic nitrogens is 4. The molecule has 1 aliphatic rings. The Hall–Kier alpha value is -1.91. The van der Waals surface area contributed by atoms with Gasteiger partial charge in [0.15, 0.2) is 5.78 Å². The van der Waals surface area contributed by atoms with E-state index >= 15 is 0 Å². The number of ketones is 1. The predicted molar refractivity (Wildman–Crippen MR) is 71.2 cm³/mol. The minimum Gasteiger partial charge on any atom is -0.346 e. The van der Waals surface area contributed by atoms with Gasteiger partial charge in [0.05, 0.1) is 6.54 Å². The first-order chi connectivity index (χ1) is 9.15. The number of nitrogens with zero attached hydrogens (tertiary/aromatic N) is 4. The zero-order valence-corrected chi connectivity index (χ0v) is 11.3. The lowest BCUT2D eigenvalue weighted by Gasteiger charge is -2.09. The molecule has 5 heteroatoms. The summed E-state index contributed by atoms with van der Waals surface area (Å²) in [6.07, 6.45) is 8.27. The van der Waals surface area contributed by atoms with Crippen LogP contribution in [0.15, 0.2) is 18.7 Å². The van der Waals surface area contributed by atoms with Crippen LogP contribution in [-0.2, 0) is 13.0 Å². The number of carbonyl (C=O) groups is 1. The number of fused-ring (bicyclic) bond motifs is 1. The molecule has 3 rings (SSSR count). The van der Waals surface area contributed by atoms with Gasteiger partial charge in [-0.05, 0) is 32.3 Å². The fourth-order valence-electron chi connectivity index (χ4n) is 2.65. The van der Waals surface area contributed by atoms with Crippen LogP contribution in [0.2, 0.25) is 0 Å². The fraction of sp³-hybridized carbons (Fsp3) is 0.500. The van der Waals surface area contributed by atoms with Crippen molar-refractivity contribution in [3.05, 3.63) is 35.7 Å². The molecule has 0 spiro atoms. The van der Waals surface area contributed by atoms with E-state index < -0.39 is 0 Å². The number of hydrogen-bond donors (Lipinski definition) is 0. The highest BCUT2D eigenvalue weighted by Crippen LogP contribution is 2.22. The van der Waals surface area contributed by atoms with Crippen LogP contribution in [-0.4, -0.2) is 25.1 Å². The molecule has 2 aromatic heterocycles. The summed E-state index contributed by atoms with van der Waals surface area (Å²) in [5.41, 5.74) is 2.06. The van der Waals surface area contributed by atoms with E-state index in [0.29, 0.717) is 19.0 Å². The molecule has 19 heavy (non-hydrogen) atoms. The van der Waals surface area contributed by atoms with Crippen molar-refractivity contribution in [1.29, 1.82) is 0 Å². The number of Topliss-reactive ketones (excluding diaryl/α,β-unsaturated/α-hetero) is 1. The van der Waals surface area contributed by atoms with Crippen LogP contribution in [0.4, 0.5) is 0 Å². The molecule has 0 N–H and O–H groups in total. The minimum absolute atomic E-state index is 0.269. The number of hydrogen-bond acceptors (Lipinski definition) is 3. The molecule has 0 bridgehead atoms. The first kappa shape index (κ1) is 12.1. The first-order valence-corrected chi connectivity index (χ1v) is 6.75. The highest BCUT2D eigenvalue weighted by Gasteiger charge is 2.19. The second-order valence-electron chi connectivity index (χ2n) is 5.36. The Morgan fingerprint density at radius 1 is 1.32 bits per heavy atom. The van der Waals surface area contributed by atoms with Gasteiger partial charge in [-0.2, -0.15) is 5.10 Å². The summed E-state index contributed by atoms with van der Waals surface area (Å²) in [5.74, 6) is 1.19. The molecule has 1 aliphatic carbocycles. The smallest absolute Gasteiger partial charge is 0.164 e. The van der Waals surface area contributed by atoms with Crippen molar-refractivity contribution in [3.8, 4) is 0 Å². The van der Waals surface area contributed by atoms with E-state index in [1.807, 2.05) is 10.9 Å². The highest BCUT2D eigenvalue weighted by molar-refractivity contribution is 5.98. The lowest BCUT2D eigenvalue weighted by molar-refractivity contribution is 0.0973. The molecule has 0 saturated carbocycles. The van der Waals surface area contributed by atoms with Gasteiger partial charge in [-0.1, -0.05) is 0 Å². The van der Waals surface area contributed by atoms with Crippen molar-refractivity contribution in [2.45, 2.75) is 45.7 Å². The first-order valence-electron chi connectivity index (χ1n) is 6.75. The highest BCUT2D eigenvalue weighted by atomic mass is 16.1. The van der Waals surface area contributed by atoms with Crippen LogP contribution in [0.5, 0.6) is 0 Å². The predicted octanol–water partition coefficient (Wildman–Crippen LogP) is 2.23. The molecule has 0 unspecified atom stereocenters. The summed E-state index contributed by atoms with van der Waals surface area (Å²) in [6, 6.07) is 0.296. The average molecular weight is 258 g/mol. The molecule has 2 aromatic rings. The number of carbonyl (C=O) groups excluding carboxylic acids is 1. The van der Waals surface area contributed by atoms with Gasteiger partial charge < -0.3 is 4.57 Å². The summed E-state index contributed by atoms with van der Waals surface area (Å²) in [5, 5.41) is 4.23. The van der Waals surface area contributed by atoms with Crippen molar-refractivity contribution in [3.63, 3.8) is 0 Å². The van der Waals surface area contributed by atoms with Crippen molar-refractivity contribution >= 4 is 5.78 Å². The third kappa shape index (κ3) is 2.20. The molecule has 5 nitrogen and oxygen atoms in total. The van der Waals surface area contributed by atoms with Crippen LogP contribution < -0.4 is 0 Å². The molecule has 0 amide bonds. The normalized spacial score (nSPS) is 15.0. The quantitative estimate of drug-likeness (QED) is 0.848. The second kappa shape index (κ2) is 4.64. The van der Waals surface area contributed by atoms with Crippen LogP contribution >= 0.6 is 0 Å². The van der Waals surface area contributed by atoms with Gasteiger partial charge in [-0.15, -0.1) is 0 Å². The topological polar surface area (TPSA) is 52.7 Å². The van der Waals surface area contributed by atoms with E-state index in [1.165, 1.54) is 5.56 Å². The van der Waals surface area contributed by atoms with E-state index in [4.69, 9.17) is 0 Å². The third-order valence-electron chi connectivity index (χ3n) is 3.57. The maximum Gasteiger partial charge on any atom is 0.164 e. The molecule has 100 valence electrons. The summed E-state index contributed by atoms with van der Waals surface area (Å²) < 4.78 is 3.97. The maximum atomic E-state index is 11.8. The van der Waals surface area contributed by atoms with E-state index in [9.17, 15) is 4.79 Å². The van der Waals surface area contributed by atoms with Gasteiger partial charge >= 0.3 is 0 Å². The summed E-state index contributed by atoms with van der Waals surface area (Å²) in [6.45, 7) is 4.84. The molecule has 0 aromatic carbocycles. The van der Waals surface area contributed by atoms with Gasteiger partial charge in [0.25, 0.3) is 0 Å². The van der Waals surface area contributed by atoms with Gasteiger partial charge in [-0.3, -0.25) is 4.79 Å². The van der Waals surface area contributed by atoms with Crippen molar-refractivity contribution < 1.29 is 4.79 Å². The lowest BCUT2D eigenvalue weighted by Crippen LogP contribution is -2.11. The Balaban J connectivity index is 1.88. The lowest BCUT2D eigenvalue weighted by atomic mass is 9.95. The maximum absolute atomic E-state index is 11.8. The standard InChI is InChI=1S/C14H18N4O/c1-10(2)18-14(15-9-16-18)8-17-6-11-4-3-5-13(19)12(11)7-17/h6-7,9-10H,3-5,8H2,1-2H3. The van der Waals surface area contributed by atoms with E-state index in [2.05, 4.69) is 34.7 Å². The molecule has 0 aliphatic heterocycles. The van der Waals surface area contributed by atoms with Crippen LogP contribution in [0.25, 0.3) is 0 Å². The molecule has 0 fully saturated rings. The fourth-order valence-corrected chi connectivity index (χ4v) is 2.65. The summed E-state index contributed by atoms with van der Waals surface area (Å²) in [4.78, 5) is 16.1. The Kier molecular flexibility index (Phi) is 2.97. The van der Waals surface area contributed by atoms with Gasteiger partial charge in [0.2, 0.25) is 0 Å². The van der Waals surface area contributed by atoms with Gasteiger partial charge in [0.1, 0.15) is 12.2 Å². The monoisotopic (exact) mass is 258 g/mol. The number of aryl methyl sites for hydroxylation is 1. The minimum atomic E-state index is 0.269. The zero-order valence-electron chi connectivity index (χ0n) is 11.3. The van der Waals surface area contributed by atoms with Gasteiger partial charge in [0, 0.05) is 30.4 Å². The zero-order chi connectivity index (χ0) is 13.4. The largest absolute Gasteiger partial charge is 0.346 e. The SMILES string of the molecule is CC(C)n1ncnc1Cn1cc2c(c1)C(=O)CCC2. The van der Waals surface area contributed by atoms with E-state index in [1.54, 1.807) is 6.33 Å². The molecule has 0 atom stereocenters. The molecular formula is C14H18N4O. The summed E-state index contributed by atoms with van der Waals surface area (Å²) >= 11 is 0. The van der Waals surface area contributed by atoms with Crippen molar-refractivity contribution in [1.82, 2.24) is 19.3 Å². The summed E-state index contributed by atoms with van der Waals surface area (Å²) in [7, 11) is 0. The van der Waals surface area contributed by atoms with Crippen molar-refractivity contribution in [2.24, 2.45) is 0 Å². The van der Waals surface area contributed by atoms with E-state index in [0.717, 1.165) is 24.2 Å². The molecule has 0 radical (unpaired) electrons. The average Bonchev–Trinajstić information content (AvgIpc) is 2.96. The van der Waals surface area contributed by atoms with Crippen LogP contribution in [0.1, 0.15) is 54.5 Å².